The predicted octanol–water partition coefficient (Wildman–Crippen LogP) is 1.81. The van der Waals surface area contributed by atoms with Gasteiger partial charge in [0.1, 0.15) is 6.10 Å². The van der Waals surface area contributed by atoms with Gasteiger partial charge in [0.15, 0.2) is 5.78 Å². The molecule has 0 spiro atoms. The Kier molecular flexibility index (Phi) is 4.21. The Hall–Kier alpha value is -1.40. The minimum absolute atomic E-state index is 0.0365. The number of Topliss-reactive ketones (excluding diaryl/α,β-unsaturated/α-hetero) is 1. The number of anilines is 1. The molecule has 1 fully saturated rings. The molecule has 0 aliphatic carbocycles. The number of hydrogen-bond acceptors (Lipinski definition) is 4. The molecule has 1 aliphatic heterocycles. The second-order valence-corrected chi connectivity index (χ2v) is 6.42. The third-order valence-electron chi connectivity index (χ3n) is 2.94. The molecular weight excluding hydrogens is 266 g/mol. The number of carbonyl (C=O) groups excluding carboxylic acids is 1. The number of sulfonamides is 1. The van der Waals surface area contributed by atoms with E-state index in [4.69, 9.17) is 4.74 Å². The number of carbonyl (C=O) groups is 1. The van der Waals surface area contributed by atoms with Crippen molar-refractivity contribution in [3.05, 3.63) is 29.8 Å². The van der Waals surface area contributed by atoms with Gasteiger partial charge in [0.25, 0.3) is 0 Å². The van der Waals surface area contributed by atoms with Crippen LogP contribution in [0.1, 0.15) is 29.6 Å². The topological polar surface area (TPSA) is 72.5 Å². The van der Waals surface area contributed by atoms with Crippen LogP contribution in [0, 0.1) is 0 Å². The summed E-state index contributed by atoms with van der Waals surface area (Å²) in [7, 11) is -3.29. The zero-order valence-corrected chi connectivity index (χ0v) is 11.6. The first-order valence-electron chi connectivity index (χ1n) is 6.19. The highest BCUT2D eigenvalue weighted by molar-refractivity contribution is 7.92. The SMILES string of the molecule is CS(=O)(=O)Nc1ccc(C(=O)C2CCCCO2)cc1. The molecule has 1 unspecified atom stereocenters. The highest BCUT2D eigenvalue weighted by Gasteiger charge is 2.23. The third kappa shape index (κ3) is 4.04. The minimum atomic E-state index is -3.29. The van der Waals surface area contributed by atoms with E-state index in [1.54, 1.807) is 24.3 Å². The molecule has 1 saturated heterocycles. The Labute approximate surface area is 113 Å². The Morgan fingerprint density at radius 3 is 2.47 bits per heavy atom. The lowest BCUT2D eigenvalue weighted by Crippen LogP contribution is -2.28. The van der Waals surface area contributed by atoms with Crippen LogP contribution in [0.5, 0.6) is 0 Å². The van der Waals surface area contributed by atoms with Crippen molar-refractivity contribution in [2.45, 2.75) is 25.4 Å². The zero-order chi connectivity index (χ0) is 13.9. The molecule has 5 nitrogen and oxygen atoms in total. The van der Waals surface area contributed by atoms with Gasteiger partial charge in [-0.25, -0.2) is 8.42 Å². The molecule has 0 radical (unpaired) electrons. The molecule has 0 saturated carbocycles. The third-order valence-corrected chi connectivity index (χ3v) is 3.55. The van der Waals surface area contributed by atoms with E-state index in [1.807, 2.05) is 0 Å². The van der Waals surface area contributed by atoms with Gasteiger partial charge < -0.3 is 4.74 Å². The lowest BCUT2D eigenvalue weighted by Gasteiger charge is -2.21. The van der Waals surface area contributed by atoms with Crippen LogP contribution in [0.25, 0.3) is 0 Å². The average Bonchev–Trinajstić information content (AvgIpc) is 2.38. The van der Waals surface area contributed by atoms with Crippen LogP contribution in [0.4, 0.5) is 5.69 Å². The van der Waals surface area contributed by atoms with Crippen LogP contribution in [-0.2, 0) is 14.8 Å². The molecular formula is C13H17NO4S. The van der Waals surface area contributed by atoms with E-state index in [1.165, 1.54) is 0 Å². The van der Waals surface area contributed by atoms with Gasteiger partial charge in [0.2, 0.25) is 10.0 Å². The normalized spacial score (nSPS) is 19.9. The van der Waals surface area contributed by atoms with E-state index in [2.05, 4.69) is 4.72 Å². The van der Waals surface area contributed by atoms with Gasteiger partial charge >= 0.3 is 0 Å². The number of hydrogen-bond donors (Lipinski definition) is 1. The van der Waals surface area contributed by atoms with Crippen molar-refractivity contribution in [2.75, 3.05) is 17.6 Å². The number of ketones is 1. The number of benzene rings is 1. The van der Waals surface area contributed by atoms with Crippen molar-refractivity contribution >= 4 is 21.5 Å². The highest BCUT2D eigenvalue weighted by Crippen LogP contribution is 2.19. The predicted molar refractivity (Wildman–Crippen MR) is 72.8 cm³/mol. The van der Waals surface area contributed by atoms with Crippen molar-refractivity contribution in [1.29, 1.82) is 0 Å². The highest BCUT2D eigenvalue weighted by atomic mass is 32.2. The summed E-state index contributed by atoms with van der Waals surface area (Å²) in [6.07, 6.45) is 3.48. The van der Waals surface area contributed by atoms with E-state index in [-0.39, 0.29) is 11.9 Å². The Morgan fingerprint density at radius 1 is 1.26 bits per heavy atom. The summed E-state index contributed by atoms with van der Waals surface area (Å²) in [5.41, 5.74) is 0.995. The fraction of sp³-hybridized carbons (Fsp3) is 0.462. The first-order chi connectivity index (χ1) is 8.96. The van der Waals surface area contributed by atoms with Gasteiger partial charge in [0, 0.05) is 17.9 Å². The Morgan fingerprint density at radius 2 is 1.95 bits per heavy atom. The van der Waals surface area contributed by atoms with Gasteiger partial charge in [-0.2, -0.15) is 0 Å². The molecule has 2 rings (SSSR count). The molecule has 1 heterocycles. The smallest absolute Gasteiger partial charge is 0.229 e. The number of rotatable bonds is 4. The van der Waals surface area contributed by atoms with Crippen LogP contribution < -0.4 is 4.72 Å². The monoisotopic (exact) mass is 283 g/mol. The van der Waals surface area contributed by atoms with Crippen LogP contribution in [0.15, 0.2) is 24.3 Å². The van der Waals surface area contributed by atoms with Crippen LogP contribution in [0.2, 0.25) is 0 Å². The van der Waals surface area contributed by atoms with Crippen LogP contribution in [-0.4, -0.2) is 33.2 Å². The van der Waals surface area contributed by atoms with E-state index < -0.39 is 10.0 Å². The summed E-state index contributed by atoms with van der Waals surface area (Å²) in [4.78, 5) is 12.1. The second kappa shape index (κ2) is 5.71. The van der Waals surface area contributed by atoms with Gasteiger partial charge in [-0.3, -0.25) is 9.52 Å². The van der Waals surface area contributed by atoms with E-state index in [0.29, 0.717) is 17.9 Å². The summed E-state index contributed by atoms with van der Waals surface area (Å²) in [6, 6.07) is 6.40. The van der Waals surface area contributed by atoms with Crippen molar-refractivity contribution < 1.29 is 17.9 Å². The minimum Gasteiger partial charge on any atom is -0.370 e. The van der Waals surface area contributed by atoms with E-state index >= 15 is 0 Å². The number of ether oxygens (including phenoxy) is 1. The lowest BCUT2D eigenvalue weighted by atomic mass is 10.00. The molecule has 1 aromatic carbocycles. The largest absolute Gasteiger partial charge is 0.370 e. The fourth-order valence-corrected chi connectivity index (χ4v) is 2.61. The molecule has 104 valence electrons. The fourth-order valence-electron chi connectivity index (χ4n) is 2.05. The van der Waals surface area contributed by atoms with Crippen molar-refractivity contribution in [3.8, 4) is 0 Å². The maximum absolute atomic E-state index is 12.1. The Bertz CT molecular complexity index is 545. The molecule has 0 amide bonds. The van der Waals surface area contributed by atoms with Gasteiger partial charge in [-0.15, -0.1) is 0 Å². The van der Waals surface area contributed by atoms with E-state index in [9.17, 15) is 13.2 Å². The van der Waals surface area contributed by atoms with Crippen molar-refractivity contribution in [1.82, 2.24) is 0 Å². The summed E-state index contributed by atoms with van der Waals surface area (Å²) >= 11 is 0. The lowest BCUT2D eigenvalue weighted by molar-refractivity contribution is 0.0186. The summed E-state index contributed by atoms with van der Waals surface area (Å²) in [5, 5.41) is 0. The quantitative estimate of drug-likeness (QED) is 0.855. The van der Waals surface area contributed by atoms with Crippen molar-refractivity contribution in [3.63, 3.8) is 0 Å². The first-order valence-corrected chi connectivity index (χ1v) is 8.08. The molecule has 1 N–H and O–H groups in total. The van der Waals surface area contributed by atoms with Gasteiger partial charge in [-0.05, 0) is 43.5 Å². The number of nitrogens with one attached hydrogen (secondary N) is 1. The molecule has 6 heteroatoms. The maximum Gasteiger partial charge on any atom is 0.229 e. The maximum atomic E-state index is 12.1. The van der Waals surface area contributed by atoms with Gasteiger partial charge in [0.05, 0.1) is 6.26 Å². The first kappa shape index (κ1) is 14.0. The molecule has 1 atom stereocenters. The average molecular weight is 283 g/mol. The Balaban J connectivity index is 2.07. The second-order valence-electron chi connectivity index (χ2n) is 4.67. The zero-order valence-electron chi connectivity index (χ0n) is 10.8. The van der Waals surface area contributed by atoms with E-state index in [0.717, 1.165) is 25.5 Å². The summed E-state index contributed by atoms with van der Waals surface area (Å²) in [5.74, 6) is -0.0365. The van der Waals surface area contributed by atoms with Crippen molar-refractivity contribution in [2.24, 2.45) is 0 Å². The van der Waals surface area contributed by atoms with Gasteiger partial charge in [-0.1, -0.05) is 0 Å². The molecule has 19 heavy (non-hydrogen) atoms. The summed E-state index contributed by atoms with van der Waals surface area (Å²) in [6.45, 7) is 0.629. The molecule has 0 aromatic heterocycles. The summed E-state index contributed by atoms with van der Waals surface area (Å²) < 4.78 is 29.9. The standard InChI is InChI=1S/C13H17NO4S/c1-19(16,17)14-11-7-5-10(6-8-11)13(15)12-4-2-3-9-18-12/h5-8,12,14H,2-4,9H2,1H3. The van der Waals surface area contributed by atoms with Crippen LogP contribution in [0.3, 0.4) is 0 Å². The molecule has 0 bridgehead atoms. The molecule has 1 aromatic rings. The van der Waals surface area contributed by atoms with Crippen LogP contribution >= 0.6 is 0 Å². The molecule has 1 aliphatic rings.